The SMILES string of the molecule is CCCCCCCCCCCC1N(C(C)C)C=CN1C(C)C. The summed E-state index contributed by atoms with van der Waals surface area (Å²) in [7, 11) is 0. The Morgan fingerprint density at radius 1 is 0.682 bits per heavy atom. The topological polar surface area (TPSA) is 6.48 Å². The first-order chi connectivity index (χ1) is 10.6. The highest BCUT2D eigenvalue weighted by Gasteiger charge is 2.28. The van der Waals surface area contributed by atoms with Crippen molar-refractivity contribution in [2.24, 2.45) is 0 Å². The van der Waals surface area contributed by atoms with Crippen LogP contribution in [-0.4, -0.2) is 28.0 Å². The van der Waals surface area contributed by atoms with E-state index in [9.17, 15) is 0 Å². The molecule has 0 fully saturated rings. The lowest BCUT2D eigenvalue weighted by molar-refractivity contribution is 0.0946. The number of nitrogens with zero attached hydrogens (tertiary/aromatic N) is 2. The van der Waals surface area contributed by atoms with E-state index in [1.807, 2.05) is 0 Å². The summed E-state index contributed by atoms with van der Waals surface area (Å²) in [4.78, 5) is 5.06. The van der Waals surface area contributed by atoms with Crippen molar-refractivity contribution in [2.75, 3.05) is 0 Å². The third-order valence-electron chi connectivity index (χ3n) is 4.86. The lowest BCUT2D eigenvalue weighted by Crippen LogP contribution is -2.44. The van der Waals surface area contributed by atoms with Crippen LogP contribution in [0, 0.1) is 0 Å². The van der Waals surface area contributed by atoms with E-state index in [4.69, 9.17) is 0 Å². The van der Waals surface area contributed by atoms with Crippen LogP contribution in [0.1, 0.15) is 98.8 Å². The molecule has 2 heteroatoms. The highest BCUT2D eigenvalue weighted by Crippen LogP contribution is 2.25. The number of hydrogen-bond acceptors (Lipinski definition) is 2. The molecule has 0 N–H and O–H groups in total. The standard InChI is InChI=1S/C20H40N2/c1-6-7-8-9-10-11-12-13-14-15-20-21(18(2)3)16-17-22(20)19(4)5/h16-20H,6-15H2,1-5H3. The molecule has 1 aliphatic rings. The van der Waals surface area contributed by atoms with Crippen molar-refractivity contribution >= 4 is 0 Å². The zero-order valence-corrected chi connectivity index (χ0v) is 15.9. The molecule has 0 saturated heterocycles. The number of rotatable bonds is 12. The fraction of sp³-hybridized carbons (Fsp3) is 0.900. The molecule has 1 aliphatic heterocycles. The van der Waals surface area contributed by atoms with Crippen molar-refractivity contribution in [3.63, 3.8) is 0 Å². The third kappa shape index (κ3) is 6.62. The maximum Gasteiger partial charge on any atom is 0.101 e. The van der Waals surface area contributed by atoms with Gasteiger partial charge >= 0.3 is 0 Å². The molecule has 0 aromatic carbocycles. The van der Waals surface area contributed by atoms with Crippen molar-refractivity contribution < 1.29 is 0 Å². The first kappa shape index (κ1) is 19.4. The van der Waals surface area contributed by atoms with Crippen LogP contribution in [0.5, 0.6) is 0 Å². The van der Waals surface area contributed by atoms with Gasteiger partial charge in [0.1, 0.15) is 6.17 Å². The first-order valence-corrected chi connectivity index (χ1v) is 9.81. The molecule has 22 heavy (non-hydrogen) atoms. The van der Waals surface area contributed by atoms with Crippen LogP contribution in [0.4, 0.5) is 0 Å². The molecular formula is C20H40N2. The van der Waals surface area contributed by atoms with Crippen LogP contribution in [0.25, 0.3) is 0 Å². The summed E-state index contributed by atoms with van der Waals surface area (Å²) in [6, 6.07) is 1.20. The molecule has 0 spiro atoms. The van der Waals surface area contributed by atoms with E-state index in [2.05, 4.69) is 56.8 Å². The van der Waals surface area contributed by atoms with Gasteiger partial charge < -0.3 is 9.80 Å². The van der Waals surface area contributed by atoms with Crippen molar-refractivity contribution in [1.82, 2.24) is 9.80 Å². The molecule has 0 aromatic rings. The molecule has 2 nitrogen and oxygen atoms in total. The summed E-state index contributed by atoms with van der Waals surface area (Å²) in [5.74, 6) is 0. The maximum atomic E-state index is 2.53. The Bertz CT molecular complexity index is 278. The molecule has 1 rings (SSSR count). The van der Waals surface area contributed by atoms with Gasteiger partial charge in [-0.05, 0) is 40.5 Å². The minimum absolute atomic E-state index is 0.588. The van der Waals surface area contributed by atoms with Gasteiger partial charge in [-0.3, -0.25) is 0 Å². The predicted octanol–water partition coefficient (Wildman–Crippen LogP) is 6.14. The Balaban J connectivity index is 2.16. The second-order valence-electron chi connectivity index (χ2n) is 7.48. The van der Waals surface area contributed by atoms with Gasteiger partial charge in [0.2, 0.25) is 0 Å². The van der Waals surface area contributed by atoms with Gasteiger partial charge in [0.05, 0.1) is 0 Å². The van der Waals surface area contributed by atoms with Gasteiger partial charge in [-0.25, -0.2) is 0 Å². The second-order valence-corrected chi connectivity index (χ2v) is 7.48. The molecule has 0 amide bonds. The van der Waals surface area contributed by atoms with Crippen molar-refractivity contribution in [1.29, 1.82) is 0 Å². The van der Waals surface area contributed by atoms with Gasteiger partial charge in [-0.2, -0.15) is 0 Å². The van der Waals surface area contributed by atoms with E-state index in [-0.39, 0.29) is 0 Å². The van der Waals surface area contributed by atoms with Gasteiger partial charge in [0, 0.05) is 24.5 Å². The van der Waals surface area contributed by atoms with Crippen molar-refractivity contribution in [3.05, 3.63) is 12.4 Å². The van der Waals surface area contributed by atoms with E-state index in [1.165, 1.54) is 64.2 Å². The molecule has 130 valence electrons. The lowest BCUT2D eigenvalue weighted by Gasteiger charge is -2.37. The van der Waals surface area contributed by atoms with Gasteiger partial charge in [-0.1, -0.05) is 58.3 Å². The Morgan fingerprint density at radius 3 is 1.50 bits per heavy atom. The molecular weight excluding hydrogens is 268 g/mol. The van der Waals surface area contributed by atoms with Crippen LogP contribution in [0.15, 0.2) is 12.4 Å². The Hall–Kier alpha value is -0.660. The van der Waals surface area contributed by atoms with Gasteiger partial charge in [0.15, 0.2) is 0 Å². The zero-order valence-electron chi connectivity index (χ0n) is 15.9. The van der Waals surface area contributed by atoms with Gasteiger partial charge in [0.25, 0.3) is 0 Å². The van der Waals surface area contributed by atoms with E-state index in [0.717, 1.165) is 0 Å². The monoisotopic (exact) mass is 308 g/mol. The van der Waals surface area contributed by atoms with Crippen LogP contribution in [0.2, 0.25) is 0 Å². The minimum atomic E-state index is 0.588. The molecule has 0 atom stereocenters. The summed E-state index contributed by atoms with van der Waals surface area (Å²) in [6.07, 6.45) is 19.2. The molecule has 0 aromatic heterocycles. The quantitative estimate of drug-likeness (QED) is 0.400. The first-order valence-electron chi connectivity index (χ1n) is 9.81. The van der Waals surface area contributed by atoms with Crippen LogP contribution < -0.4 is 0 Å². The zero-order chi connectivity index (χ0) is 16.4. The highest BCUT2D eigenvalue weighted by molar-refractivity contribution is 4.99. The summed E-state index contributed by atoms with van der Waals surface area (Å²) in [5, 5.41) is 0. The average molecular weight is 309 g/mol. The van der Waals surface area contributed by atoms with E-state index in [1.54, 1.807) is 0 Å². The van der Waals surface area contributed by atoms with E-state index in [0.29, 0.717) is 18.2 Å². The van der Waals surface area contributed by atoms with Crippen LogP contribution in [-0.2, 0) is 0 Å². The highest BCUT2D eigenvalue weighted by atomic mass is 15.4. The minimum Gasteiger partial charge on any atom is -0.354 e. The summed E-state index contributed by atoms with van der Waals surface area (Å²) in [6.45, 7) is 11.5. The fourth-order valence-corrected chi connectivity index (χ4v) is 3.47. The molecule has 0 saturated carbocycles. The number of hydrogen-bond donors (Lipinski definition) is 0. The normalized spacial score (nSPS) is 15.8. The largest absolute Gasteiger partial charge is 0.354 e. The van der Waals surface area contributed by atoms with E-state index < -0.39 is 0 Å². The van der Waals surface area contributed by atoms with E-state index >= 15 is 0 Å². The molecule has 0 bridgehead atoms. The van der Waals surface area contributed by atoms with Crippen LogP contribution in [0.3, 0.4) is 0 Å². The Labute approximate surface area is 139 Å². The smallest absolute Gasteiger partial charge is 0.101 e. The number of unbranched alkanes of at least 4 members (excludes halogenated alkanes) is 8. The maximum absolute atomic E-state index is 2.53. The molecule has 0 unspecified atom stereocenters. The predicted molar refractivity (Wildman–Crippen MR) is 98.7 cm³/mol. The second kappa shape index (κ2) is 11.0. The summed E-state index contributed by atoms with van der Waals surface area (Å²) >= 11 is 0. The van der Waals surface area contributed by atoms with Crippen molar-refractivity contribution in [3.8, 4) is 0 Å². The average Bonchev–Trinajstić information content (AvgIpc) is 2.89. The Kier molecular flexibility index (Phi) is 9.66. The fourth-order valence-electron chi connectivity index (χ4n) is 3.47. The van der Waals surface area contributed by atoms with Crippen LogP contribution >= 0.6 is 0 Å². The molecule has 1 heterocycles. The summed E-state index contributed by atoms with van der Waals surface area (Å²) < 4.78 is 0. The molecule has 0 radical (unpaired) electrons. The van der Waals surface area contributed by atoms with Crippen molar-refractivity contribution in [2.45, 2.75) is 117 Å². The van der Waals surface area contributed by atoms with Gasteiger partial charge in [-0.15, -0.1) is 0 Å². The molecule has 0 aliphatic carbocycles. The lowest BCUT2D eigenvalue weighted by atomic mass is 10.0. The Morgan fingerprint density at radius 2 is 1.09 bits per heavy atom. The third-order valence-corrected chi connectivity index (χ3v) is 4.86. The summed E-state index contributed by atoms with van der Waals surface area (Å²) in [5.41, 5.74) is 0.